The Balaban J connectivity index is 5.17. The van der Waals surface area contributed by atoms with Crippen LogP contribution in [0, 0.1) is 57.2 Å². The minimum absolute atomic E-state index is 0.0417. The zero-order valence-corrected chi connectivity index (χ0v) is 20.8. The molecule has 0 atom stereocenters. The van der Waals surface area contributed by atoms with Gasteiger partial charge in [0, 0.05) is 5.57 Å². The maximum atomic E-state index is 12.2. The maximum Gasteiger partial charge on any atom is 0.338 e. The number of likely N-dealkylation sites (N-methyl/N-ethyl adjacent to an activating group) is 2. The molecular weight excluding hydrogens is 456 g/mol. The normalized spacial score (nSPS) is 11.1. The second-order valence-corrected chi connectivity index (χ2v) is 9.21. The molecular formula is C23H32N6O6+2. The molecule has 0 aliphatic heterocycles. The van der Waals surface area contributed by atoms with Gasteiger partial charge in [-0.2, -0.15) is 21.0 Å². The zero-order chi connectivity index (χ0) is 27.2. The third kappa shape index (κ3) is 12.2. The van der Waals surface area contributed by atoms with Crippen molar-refractivity contribution in [1.82, 2.24) is 0 Å². The molecule has 0 aromatic rings. The van der Waals surface area contributed by atoms with Crippen molar-refractivity contribution >= 4 is 17.9 Å². The summed E-state index contributed by atoms with van der Waals surface area (Å²) < 4.78 is 16.2. The Kier molecular flexibility index (Phi) is 12.7. The smallest absolute Gasteiger partial charge is 0.338 e. The van der Waals surface area contributed by atoms with Gasteiger partial charge in [-0.25, -0.2) is 14.4 Å². The van der Waals surface area contributed by atoms with Crippen LogP contribution in [0.2, 0.25) is 0 Å². The fourth-order valence-corrected chi connectivity index (χ4v) is 2.89. The van der Waals surface area contributed by atoms with E-state index in [1.807, 2.05) is 28.2 Å². The van der Waals surface area contributed by atoms with Crippen molar-refractivity contribution in [2.75, 3.05) is 67.6 Å². The quantitative estimate of drug-likeness (QED) is 0.140. The minimum Gasteiger partial charge on any atom is -0.458 e. The first-order valence-electron chi connectivity index (χ1n) is 10.6. The molecule has 0 saturated carbocycles. The number of nitrogens with zero attached hydrogens (tertiary/aromatic N) is 6. The molecule has 0 fully saturated rings. The monoisotopic (exact) mass is 488 g/mol. The van der Waals surface area contributed by atoms with Crippen LogP contribution < -0.4 is 0 Å². The molecule has 0 aromatic carbocycles. The van der Waals surface area contributed by atoms with Crippen LogP contribution in [0.25, 0.3) is 0 Å². The number of carbonyl (C=O) groups excluding carboxylic acids is 3. The average Bonchev–Trinajstić information content (AvgIpc) is 2.74. The van der Waals surface area contributed by atoms with E-state index < -0.39 is 35.8 Å². The average molecular weight is 489 g/mol. The minimum atomic E-state index is -1.49. The van der Waals surface area contributed by atoms with Crippen LogP contribution >= 0.6 is 0 Å². The Morgan fingerprint density at radius 1 is 0.771 bits per heavy atom. The van der Waals surface area contributed by atoms with E-state index in [-0.39, 0.29) is 27.8 Å². The molecule has 0 bridgehead atoms. The number of quaternary nitrogens is 2. The molecule has 0 aliphatic rings. The third-order valence-corrected chi connectivity index (χ3v) is 4.89. The predicted molar refractivity (Wildman–Crippen MR) is 120 cm³/mol. The van der Waals surface area contributed by atoms with Crippen LogP contribution in [0.4, 0.5) is 0 Å². The molecule has 0 unspecified atom stereocenters. The van der Waals surface area contributed by atoms with Gasteiger partial charge in [0.15, 0.2) is 6.10 Å². The van der Waals surface area contributed by atoms with E-state index in [1.165, 1.54) is 6.92 Å². The predicted octanol–water partition coefficient (Wildman–Crippen LogP) is 0.0402. The summed E-state index contributed by atoms with van der Waals surface area (Å²) in [6.45, 7) is 6.37. The van der Waals surface area contributed by atoms with Gasteiger partial charge in [-0.1, -0.05) is 6.58 Å². The number of ether oxygens (including phenoxy) is 3. The standard InChI is InChI=1S/C23H32N6O6/c1-17(2)21(30)35-20(15-28(3,4)7-9-33-22(31)18(11-24)12-25)16-29(5,6)8-10-34-23(32)19(13-26)14-27/h18-20H,1,7-10,15-16H2,2-6H3/q+2. The second kappa shape index (κ2) is 14.3. The van der Waals surface area contributed by atoms with E-state index in [1.54, 1.807) is 24.3 Å². The van der Waals surface area contributed by atoms with Gasteiger partial charge in [-0.3, -0.25) is 0 Å². The fourth-order valence-electron chi connectivity index (χ4n) is 2.89. The Morgan fingerprint density at radius 2 is 1.11 bits per heavy atom. The first kappa shape index (κ1) is 31.0. The van der Waals surface area contributed by atoms with Crippen molar-refractivity contribution in [3.05, 3.63) is 12.2 Å². The molecule has 0 radical (unpaired) electrons. The summed E-state index contributed by atoms with van der Waals surface area (Å²) in [5, 5.41) is 35.1. The van der Waals surface area contributed by atoms with E-state index in [0.717, 1.165) is 0 Å². The Hall–Kier alpha value is -3.97. The van der Waals surface area contributed by atoms with E-state index >= 15 is 0 Å². The number of esters is 3. The van der Waals surface area contributed by atoms with Gasteiger partial charge in [0.05, 0.1) is 52.5 Å². The van der Waals surface area contributed by atoms with Gasteiger partial charge in [-0.05, 0) is 6.92 Å². The number of hydrogen-bond acceptors (Lipinski definition) is 10. The molecule has 0 heterocycles. The number of nitriles is 4. The van der Waals surface area contributed by atoms with Crippen molar-refractivity contribution in [2.24, 2.45) is 11.8 Å². The highest BCUT2D eigenvalue weighted by molar-refractivity contribution is 5.87. The molecule has 0 aromatic heterocycles. The highest BCUT2D eigenvalue weighted by atomic mass is 16.5. The molecule has 188 valence electrons. The summed E-state index contributed by atoms with van der Waals surface area (Å²) in [5.74, 6) is -5.37. The largest absolute Gasteiger partial charge is 0.458 e. The third-order valence-electron chi connectivity index (χ3n) is 4.89. The maximum absolute atomic E-state index is 12.2. The Bertz CT molecular complexity index is 871. The molecule has 12 nitrogen and oxygen atoms in total. The molecule has 12 heteroatoms. The number of carbonyl (C=O) groups is 3. The number of rotatable bonds is 14. The molecule has 35 heavy (non-hydrogen) atoms. The fraction of sp³-hybridized carbons (Fsp3) is 0.609. The van der Waals surface area contributed by atoms with Crippen molar-refractivity contribution in [3.63, 3.8) is 0 Å². The van der Waals surface area contributed by atoms with Crippen LogP contribution in [0.15, 0.2) is 12.2 Å². The van der Waals surface area contributed by atoms with Crippen molar-refractivity contribution in [1.29, 1.82) is 21.0 Å². The van der Waals surface area contributed by atoms with Gasteiger partial charge in [0.2, 0.25) is 11.8 Å². The highest BCUT2D eigenvalue weighted by Crippen LogP contribution is 2.12. The first-order chi connectivity index (χ1) is 16.2. The molecule has 0 rings (SSSR count). The van der Waals surface area contributed by atoms with Gasteiger partial charge in [-0.15, -0.1) is 0 Å². The van der Waals surface area contributed by atoms with Crippen LogP contribution in [0.5, 0.6) is 0 Å². The summed E-state index contributed by atoms with van der Waals surface area (Å²) in [5.41, 5.74) is 0.228. The van der Waals surface area contributed by atoms with Gasteiger partial charge in [0.1, 0.15) is 39.4 Å². The zero-order valence-electron chi connectivity index (χ0n) is 20.8. The van der Waals surface area contributed by atoms with Crippen LogP contribution in [0.1, 0.15) is 6.92 Å². The summed E-state index contributed by atoms with van der Waals surface area (Å²) in [6, 6.07) is 6.22. The Labute approximate surface area is 205 Å². The van der Waals surface area contributed by atoms with E-state index in [2.05, 4.69) is 6.58 Å². The van der Waals surface area contributed by atoms with Crippen molar-refractivity contribution in [3.8, 4) is 24.3 Å². The SMILES string of the molecule is C=C(C)C(=O)OC(C[N+](C)(C)CCOC(=O)C(C#N)C#N)C[N+](C)(C)CCOC(=O)C(C#N)C#N. The van der Waals surface area contributed by atoms with E-state index in [4.69, 9.17) is 35.3 Å². The molecule has 0 N–H and O–H groups in total. The van der Waals surface area contributed by atoms with E-state index in [0.29, 0.717) is 26.2 Å². The topological polar surface area (TPSA) is 174 Å². The first-order valence-corrected chi connectivity index (χ1v) is 10.6. The van der Waals surface area contributed by atoms with Crippen molar-refractivity contribution < 1.29 is 37.6 Å². The highest BCUT2D eigenvalue weighted by Gasteiger charge is 2.32. The van der Waals surface area contributed by atoms with Gasteiger partial charge >= 0.3 is 17.9 Å². The van der Waals surface area contributed by atoms with Crippen LogP contribution in [0.3, 0.4) is 0 Å². The summed E-state index contributed by atoms with van der Waals surface area (Å²) in [6.07, 6.45) is -0.590. The second-order valence-electron chi connectivity index (χ2n) is 9.21. The number of hydrogen-bond donors (Lipinski definition) is 0. The molecule has 0 aliphatic carbocycles. The summed E-state index contributed by atoms with van der Waals surface area (Å²) in [7, 11) is 7.36. The Morgan fingerprint density at radius 3 is 1.40 bits per heavy atom. The molecule has 0 spiro atoms. The molecule has 0 saturated heterocycles. The lowest BCUT2D eigenvalue weighted by atomic mass is 10.2. The summed E-state index contributed by atoms with van der Waals surface area (Å²) >= 11 is 0. The van der Waals surface area contributed by atoms with Gasteiger partial charge in [0.25, 0.3) is 0 Å². The van der Waals surface area contributed by atoms with E-state index in [9.17, 15) is 14.4 Å². The lowest BCUT2D eigenvalue weighted by Crippen LogP contribution is -2.55. The lowest BCUT2D eigenvalue weighted by molar-refractivity contribution is -0.914. The lowest BCUT2D eigenvalue weighted by Gasteiger charge is -2.37. The summed E-state index contributed by atoms with van der Waals surface area (Å²) in [4.78, 5) is 35.7. The molecule has 0 amide bonds. The van der Waals surface area contributed by atoms with Crippen LogP contribution in [-0.2, 0) is 28.6 Å². The van der Waals surface area contributed by atoms with Crippen LogP contribution in [-0.4, -0.2) is 101 Å². The van der Waals surface area contributed by atoms with Crippen molar-refractivity contribution in [2.45, 2.75) is 13.0 Å². The van der Waals surface area contributed by atoms with Gasteiger partial charge < -0.3 is 23.2 Å².